The number of Topliss-reactive ketones (excluding diaryl/α,β-unsaturated/α-hetero) is 1. The van der Waals surface area contributed by atoms with Crippen LogP contribution in [0.15, 0.2) is 77.7 Å². The second-order valence-electron chi connectivity index (χ2n) is 9.21. The van der Waals surface area contributed by atoms with Crippen molar-refractivity contribution >= 4 is 49.9 Å². The molecule has 1 aromatic heterocycles. The summed E-state index contributed by atoms with van der Waals surface area (Å²) in [5.74, 6) is -1.33. The third kappa shape index (κ3) is 5.53. The fraction of sp³-hybridized carbons (Fsp3) is 0.179. The molecule has 1 aliphatic heterocycles. The Morgan fingerprint density at radius 2 is 1.62 bits per heavy atom. The smallest absolute Gasteiger partial charge is 0.336 e. The summed E-state index contributed by atoms with van der Waals surface area (Å²) in [5.41, 5.74) is 2.19. The Morgan fingerprint density at radius 3 is 2.26 bits per heavy atom. The Bertz CT molecular complexity index is 1680. The van der Waals surface area contributed by atoms with Gasteiger partial charge in [-0.1, -0.05) is 6.07 Å². The zero-order valence-corrected chi connectivity index (χ0v) is 21.8. The van der Waals surface area contributed by atoms with Crippen LogP contribution in [0.3, 0.4) is 0 Å². The minimum Gasteiger partial charge on any atom is -0.478 e. The van der Waals surface area contributed by atoms with E-state index >= 15 is 0 Å². The second kappa shape index (κ2) is 10.3. The number of pyridine rings is 1. The maximum absolute atomic E-state index is 13.5. The van der Waals surface area contributed by atoms with Gasteiger partial charge in [0, 0.05) is 48.5 Å². The first kappa shape index (κ1) is 26.1. The number of anilines is 3. The van der Waals surface area contributed by atoms with Crippen LogP contribution in [0, 0.1) is 5.82 Å². The first-order valence-corrected chi connectivity index (χ1v) is 13.7. The number of carboxylic acid groups (broad SMARTS) is 1. The second-order valence-corrected chi connectivity index (χ2v) is 10.9. The van der Waals surface area contributed by atoms with Crippen LogP contribution in [-0.4, -0.2) is 56.4 Å². The highest BCUT2D eigenvalue weighted by Crippen LogP contribution is 2.28. The van der Waals surface area contributed by atoms with Gasteiger partial charge in [0.2, 0.25) is 0 Å². The average Bonchev–Trinajstić information content (AvgIpc) is 2.92. The highest BCUT2D eigenvalue weighted by molar-refractivity contribution is 7.92. The van der Waals surface area contributed by atoms with E-state index in [1.807, 2.05) is 17.0 Å². The average molecular weight is 549 g/mol. The molecule has 0 radical (unpaired) electrons. The van der Waals surface area contributed by atoms with E-state index in [1.54, 1.807) is 18.2 Å². The van der Waals surface area contributed by atoms with Crippen molar-refractivity contribution in [3.05, 3.63) is 89.7 Å². The van der Waals surface area contributed by atoms with Crippen LogP contribution in [0.2, 0.25) is 0 Å². The van der Waals surface area contributed by atoms with Gasteiger partial charge in [-0.3, -0.25) is 9.52 Å². The highest BCUT2D eigenvalue weighted by atomic mass is 32.2. The molecule has 4 aromatic rings. The first-order valence-electron chi connectivity index (χ1n) is 12.2. The van der Waals surface area contributed by atoms with Crippen LogP contribution < -0.4 is 14.5 Å². The number of rotatable bonds is 7. The molecule has 2 N–H and O–H groups in total. The Morgan fingerprint density at radius 1 is 0.923 bits per heavy atom. The molecule has 39 heavy (non-hydrogen) atoms. The van der Waals surface area contributed by atoms with Crippen molar-refractivity contribution in [1.29, 1.82) is 0 Å². The number of aromatic carboxylic acids is 1. The van der Waals surface area contributed by atoms with Crippen molar-refractivity contribution in [3.8, 4) is 0 Å². The fourth-order valence-corrected chi connectivity index (χ4v) is 5.64. The number of hydrogen-bond acceptors (Lipinski definition) is 7. The van der Waals surface area contributed by atoms with Crippen LogP contribution in [0.5, 0.6) is 0 Å². The molecule has 0 unspecified atom stereocenters. The number of carboxylic acids is 1. The number of nitrogens with one attached hydrogen (secondary N) is 1. The molecule has 0 bridgehead atoms. The summed E-state index contributed by atoms with van der Waals surface area (Å²) in [4.78, 5) is 32.3. The summed E-state index contributed by atoms with van der Waals surface area (Å²) >= 11 is 0. The van der Waals surface area contributed by atoms with Gasteiger partial charge in [0.15, 0.2) is 5.78 Å². The zero-order chi connectivity index (χ0) is 27.7. The summed E-state index contributed by atoms with van der Waals surface area (Å²) in [6.45, 7) is 4.11. The Balaban J connectivity index is 1.37. The minimum atomic E-state index is -4.09. The number of carbonyl (C=O) groups is 2. The summed E-state index contributed by atoms with van der Waals surface area (Å²) in [6.07, 6.45) is 0. The number of ketones is 1. The van der Waals surface area contributed by atoms with Gasteiger partial charge >= 0.3 is 5.97 Å². The number of piperazine rings is 1. The molecule has 0 amide bonds. The van der Waals surface area contributed by atoms with E-state index in [9.17, 15) is 27.5 Å². The van der Waals surface area contributed by atoms with E-state index < -0.39 is 21.8 Å². The maximum atomic E-state index is 13.5. The van der Waals surface area contributed by atoms with E-state index in [-0.39, 0.29) is 27.3 Å². The number of aromatic nitrogens is 1. The van der Waals surface area contributed by atoms with E-state index in [1.165, 1.54) is 37.3 Å². The number of nitrogens with zero attached hydrogens (tertiary/aromatic N) is 3. The standard InChI is InChI=1S/C28H25FN4O5S/c1-18(34)19-5-8-22(9-6-19)32-11-13-33(14-12-32)27-17-25(28(35)36)24-16-21(7-10-26(24)30-27)31-39(37,38)23-4-2-3-20(29)15-23/h2-10,15-17,31H,11-14H2,1H3,(H,35,36). The SMILES string of the molecule is CC(=O)c1ccc(N2CCN(c3cc(C(=O)O)c4cc(NS(=O)(=O)c5cccc(F)c5)ccc4n3)CC2)cc1. The van der Waals surface area contributed by atoms with Crippen LogP contribution in [-0.2, 0) is 10.0 Å². The highest BCUT2D eigenvalue weighted by Gasteiger charge is 2.22. The van der Waals surface area contributed by atoms with Gasteiger partial charge in [0.1, 0.15) is 11.6 Å². The van der Waals surface area contributed by atoms with Crippen LogP contribution in [0.25, 0.3) is 10.9 Å². The van der Waals surface area contributed by atoms with Gasteiger partial charge in [-0.05, 0) is 73.7 Å². The predicted octanol–water partition coefficient (Wildman–Crippen LogP) is 4.40. The minimum absolute atomic E-state index is 0.0101. The number of benzene rings is 3. The maximum Gasteiger partial charge on any atom is 0.336 e. The topological polar surface area (TPSA) is 120 Å². The van der Waals surface area contributed by atoms with Gasteiger partial charge in [-0.25, -0.2) is 22.6 Å². The largest absolute Gasteiger partial charge is 0.478 e. The summed E-state index contributed by atoms with van der Waals surface area (Å²) in [7, 11) is -4.09. The molecule has 200 valence electrons. The lowest BCUT2D eigenvalue weighted by molar-refractivity contribution is 0.0698. The van der Waals surface area contributed by atoms with Crippen molar-refractivity contribution < 1.29 is 27.5 Å². The van der Waals surface area contributed by atoms with Gasteiger partial charge in [-0.2, -0.15) is 0 Å². The van der Waals surface area contributed by atoms with Crippen LogP contribution >= 0.6 is 0 Å². The predicted molar refractivity (Wildman–Crippen MR) is 147 cm³/mol. The summed E-state index contributed by atoms with van der Waals surface area (Å²) < 4.78 is 41.3. The Kier molecular flexibility index (Phi) is 6.92. The van der Waals surface area contributed by atoms with Crippen LogP contribution in [0.4, 0.5) is 21.6 Å². The lowest BCUT2D eigenvalue weighted by Crippen LogP contribution is -2.46. The molecular formula is C28H25FN4O5S. The van der Waals surface area contributed by atoms with Crippen molar-refractivity contribution in [2.75, 3.05) is 40.7 Å². The third-order valence-corrected chi connectivity index (χ3v) is 8.01. The van der Waals surface area contributed by atoms with Crippen molar-refractivity contribution in [3.63, 3.8) is 0 Å². The first-order chi connectivity index (χ1) is 18.6. The Labute approximate surface area is 224 Å². The molecule has 0 spiro atoms. The summed E-state index contributed by atoms with van der Waals surface area (Å²) in [6, 6.07) is 18.0. The molecule has 3 aromatic carbocycles. The lowest BCUT2D eigenvalue weighted by atomic mass is 10.1. The molecule has 0 saturated carbocycles. The normalized spacial score (nSPS) is 13.9. The number of fused-ring (bicyclic) bond motifs is 1. The molecule has 1 aliphatic rings. The quantitative estimate of drug-likeness (QED) is 0.326. The van der Waals surface area contributed by atoms with E-state index in [4.69, 9.17) is 0 Å². The molecule has 5 rings (SSSR count). The fourth-order valence-electron chi connectivity index (χ4n) is 4.56. The van der Waals surface area contributed by atoms with Gasteiger partial charge < -0.3 is 14.9 Å². The third-order valence-electron chi connectivity index (χ3n) is 6.63. The lowest BCUT2D eigenvalue weighted by Gasteiger charge is -2.37. The Hall–Kier alpha value is -4.51. The molecule has 0 aliphatic carbocycles. The molecule has 11 heteroatoms. The van der Waals surface area contributed by atoms with Crippen molar-refractivity contribution in [2.24, 2.45) is 0 Å². The molecule has 1 saturated heterocycles. The molecule has 0 atom stereocenters. The van der Waals surface area contributed by atoms with E-state index in [2.05, 4.69) is 14.6 Å². The molecular weight excluding hydrogens is 523 g/mol. The van der Waals surface area contributed by atoms with Crippen molar-refractivity contribution in [2.45, 2.75) is 11.8 Å². The van der Waals surface area contributed by atoms with E-state index in [0.717, 1.165) is 17.8 Å². The van der Waals surface area contributed by atoms with E-state index in [0.29, 0.717) is 43.1 Å². The molecule has 1 fully saturated rings. The molecule has 2 heterocycles. The number of sulfonamides is 1. The number of carbonyl (C=O) groups excluding carboxylic acids is 1. The molecule has 9 nitrogen and oxygen atoms in total. The zero-order valence-electron chi connectivity index (χ0n) is 21.0. The van der Waals surface area contributed by atoms with Crippen LogP contribution in [0.1, 0.15) is 27.6 Å². The monoisotopic (exact) mass is 548 g/mol. The number of halogens is 1. The van der Waals surface area contributed by atoms with Gasteiger partial charge in [-0.15, -0.1) is 0 Å². The van der Waals surface area contributed by atoms with Gasteiger partial charge in [0.05, 0.1) is 16.0 Å². The number of hydrogen-bond donors (Lipinski definition) is 2. The van der Waals surface area contributed by atoms with Gasteiger partial charge in [0.25, 0.3) is 10.0 Å². The summed E-state index contributed by atoms with van der Waals surface area (Å²) in [5, 5.41) is 10.2. The van der Waals surface area contributed by atoms with Crippen molar-refractivity contribution in [1.82, 2.24) is 4.98 Å².